The predicted octanol–water partition coefficient (Wildman–Crippen LogP) is 4.25. The summed E-state index contributed by atoms with van der Waals surface area (Å²) < 4.78 is 32.6. The second-order valence-electron chi connectivity index (χ2n) is 7.77. The number of hydrogen-bond acceptors (Lipinski definition) is 11. The van der Waals surface area contributed by atoms with Gasteiger partial charge in [0.05, 0.1) is 47.4 Å². The third-order valence-electron chi connectivity index (χ3n) is 5.57. The number of anilines is 2. The topological polar surface area (TPSA) is 139 Å². The lowest BCUT2D eigenvalue weighted by Gasteiger charge is -2.14. The monoisotopic (exact) mass is 554 g/mol. The zero-order chi connectivity index (χ0) is 28.1. The highest BCUT2D eigenvalue weighted by molar-refractivity contribution is 7.22. The molecule has 0 fully saturated rings. The molecule has 4 aromatic rings. The number of fused-ring (bicyclic) bond motifs is 1. The van der Waals surface area contributed by atoms with E-state index in [1.807, 2.05) is 0 Å². The Morgan fingerprint density at radius 2 is 1.10 bits per heavy atom. The van der Waals surface area contributed by atoms with Crippen molar-refractivity contribution < 1.29 is 38.0 Å². The highest BCUT2D eigenvalue weighted by Gasteiger charge is 2.20. The summed E-state index contributed by atoms with van der Waals surface area (Å²) in [6.07, 6.45) is 0. The molecule has 0 saturated carbocycles. The summed E-state index contributed by atoms with van der Waals surface area (Å²) in [5.74, 6) is 1.54. The molecule has 2 heterocycles. The van der Waals surface area contributed by atoms with Crippen molar-refractivity contribution in [3.63, 3.8) is 0 Å². The van der Waals surface area contributed by atoms with Crippen LogP contribution in [0.2, 0.25) is 0 Å². The van der Waals surface area contributed by atoms with Crippen molar-refractivity contribution in [1.82, 2.24) is 9.97 Å². The Kier molecular flexibility index (Phi) is 8.20. The Bertz CT molecular complexity index is 1410. The molecule has 204 valence electrons. The van der Waals surface area contributed by atoms with E-state index in [1.165, 1.54) is 66.1 Å². The smallest absolute Gasteiger partial charge is 0.257 e. The van der Waals surface area contributed by atoms with Crippen LogP contribution in [0.4, 0.5) is 10.9 Å². The molecule has 2 N–H and O–H groups in total. The number of rotatable bonds is 10. The van der Waals surface area contributed by atoms with Gasteiger partial charge < -0.3 is 33.7 Å². The first-order valence-corrected chi connectivity index (χ1v) is 12.2. The maximum atomic E-state index is 12.9. The first kappa shape index (κ1) is 27.3. The van der Waals surface area contributed by atoms with E-state index in [0.717, 1.165) is 0 Å². The van der Waals surface area contributed by atoms with E-state index in [1.54, 1.807) is 24.3 Å². The molecule has 2 amide bonds. The number of carbonyl (C=O) groups excluding carboxylic acids is 2. The summed E-state index contributed by atoms with van der Waals surface area (Å²) in [5.41, 5.74) is 0.917. The number of amides is 2. The molecule has 2 aromatic heterocycles. The standard InChI is InChI=1S/C26H26N4O8S/c1-33-15-9-13(10-16(34-2)21(15)37-5)24(31)28-20-8-7-19-23(27-20)29-26(39-19)30-25(32)14-11-17(35-3)22(38-6)18(12-14)36-4/h7-12H,1-6H3,(H2,27,28,29,30,31,32). The number of nitrogens with zero attached hydrogens (tertiary/aromatic N) is 2. The van der Waals surface area contributed by atoms with E-state index in [2.05, 4.69) is 20.6 Å². The lowest BCUT2D eigenvalue weighted by Crippen LogP contribution is -2.13. The van der Waals surface area contributed by atoms with Crippen molar-refractivity contribution in [3.8, 4) is 34.5 Å². The zero-order valence-corrected chi connectivity index (χ0v) is 22.8. The van der Waals surface area contributed by atoms with Crippen LogP contribution in [0.3, 0.4) is 0 Å². The molecule has 13 heteroatoms. The maximum Gasteiger partial charge on any atom is 0.257 e. The average Bonchev–Trinajstić information content (AvgIpc) is 3.36. The molecule has 0 aliphatic heterocycles. The van der Waals surface area contributed by atoms with E-state index in [-0.39, 0.29) is 16.9 Å². The molecule has 0 bridgehead atoms. The van der Waals surface area contributed by atoms with Crippen LogP contribution in [0.5, 0.6) is 34.5 Å². The largest absolute Gasteiger partial charge is 0.493 e. The van der Waals surface area contributed by atoms with Crippen LogP contribution >= 0.6 is 11.3 Å². The Morgan fingerprint density at radius 1 is 0.641 bits per heavy atom. The van der Waals surface area contributed by atoms with Gasteiger partial charge in [-0.1, -0.05) is 11.3 Å². The highest BCUT2D eigenvalue weighted by atomic mass is 32.1. The molecular weight excluding hydrogens is 528 g/mol. The van der Waals surface area contributed by atoms with Crippen LogP contribution in [0.15, 0.2) is 36.4 Å². The summed E-state index contributed by atoms with van der Waals surface area (Å²) in [5, 5.41) is 5.82. The minimum Gasteiger partial charge on any atom is -0.493 e. The third kappa shape index (κ3) is 5.57. The van der Waals surface area contributed by atoms with Gasteiger partial charge in [-0.15, -0.1) is 0 Å². The summed E-state index contributed by atoms with van der Waals surface area (Å²) in [7, 11) is 8.83. The van der Waals surface area contributed by atoms with Crippen LogP contribution < -0.4 is 39.1 Å². The average molecular weight is 555 g/mol. The van der Waals surface area contributed by atoms with E-state index in [9.17, 15) is 9.59 Å². The molecule has 2 aromatic carbocycles. The van der Waals surface area contributed by atoms with Gasteiger partial charge in [-0.2, -0.15) is 4.98 Å². The fourth-order valence-electron chi connectivity index (χ4n) is 3.72. The lowest BCUT2D eigenvalue weighted by molar-refractivity contribution is 0.101. The molecule has 0 atom stereocenters. The Morgan fingerprint density at radius 3 is 1.54 bits per heavy atom. The van der Waals surface area contributed by atoms with Gasteiger partial charge in [0.2, 0.25) is 11.5 Å². The van der Waals surface area contributed by atoms with Gasteiger partial charge in [0.15, 0.2) is 33.8 Å². The zero-order valence-electron chi connectivity index (χ0n) is 22.0. The van der Waals surface area contributed by atoms with Gasteiger partial charge in [-0.05, 0) is 36.4 Å². The van der Waals surface area contributed by atoms with Crippen molar-refractivity contribution in [3.05, 3.63) is 47.5 Å². The molecule has 4 rings (SSSR count). The van der Waals surface area contributed by atoms with Gasteiger partial charge in [0, 0.05) is 11.1 Å². The summed E-state index contributed by atoms with van der Waals surface area (Å²) >= 11 is 1.23. The van der Waals surface area contributed by atoms with Crippen molar-refractivity contribution in [1.29, 1.82) is 0 Å². The molecule has 12 nitrogen and oxygen atoms in total. The summed E-state index contributed by atoms with van der Waals surface area (Å²) in [6.45, 7) is 0. The first-order chi connectivity index (χ1) is 18.8. The van der Waals surface area contributed by atoms with Crippen molar-refractivity contribution >= 4 is 44.4 Å². The highest BCUT2D eigenvalue weighted by Crippen LogP contribution is 2.39. The fourth-order valence-corrected chi connectivity index (χ4v) is 4.53. The van der Waals surface area contributed by atoms with Crippen LogP contribution in [-0.2, 0) is 0 Å². The number of carbonyl (C=O) groups is 2. The summed E-state index contributed by atoms with van der Waals surface area (Å²) in [6, 6.07) is 9.54. The molecule has 0 radical (unpaired) electrons. The van der Waals surface area contributed by atoms with Crippen LogP contribution in [0, 0.1) is 0 Å². The quantitative estimate of drug-likeness (QED) is 0.292. The predicted molar refractivity (Wildman–Crippen MR) is 146 cm³/mol. The number of thiazole rings is 1. The first-order valence-electron chi connectivity index (χ1n) is 11.4. The molecule has 0 spiro atoms. The SMILES string of the molecule is COc1cc(C(=O)Nc2ccc3sc(NC(=O)c4cc(OC)c(OC)c(OC)c4)nc3n2)cc(OC)c1OC. The number of benzene rings is 2. The minimum atomic E-state index is -0.438. The normalized spacial score (nSPS) is 10.5. The Hall–Kier alpha value is -4.78. The van der Waals surface area contributed by atoms with E-state index in [0.29, 0.717) is 50.0 Å². The van der Waals surface area contributed by atoms with Gasteiger partial charge in [0.1, 0.15) is 5.82 Å². The van der Waals surface area contributed by atoms with Crippen LogP contribution in [0.25, 0.3) is 10.3 Å². The van der Waals surface area contributed by atoms with Gasteiger partial charge >= 0.3 is 0 Å². The van der Waals surface area contributed by atoms with Crippen LogP contribution in [0.1, 0.15) is 20.7 Å². The molecule has 0 aliphatic carbocycles. The number of pyridine rings is 1. The van der Waals surface area contributed by atoms with Gasteiger partial charge in [0.25, 0.3) is 11.8 Å². The maximum absolute atomic E-state index is 12.9. The second-order valence-corrected chi connectivity index (χ2v) is 8.80. The van der Waals surface area contributed by atoms with E-state index >= 15 is 0 Å². The van der Waals surface area contributed by atoms with Crippen molar-refractivity contribution in [2.24, 2.45) is 0 Å². The van der Waals surface area contributed by atoms with E-state index < -0.39 is 11.8 Å². The Balaban J connectivity index is 1.54. The number of hydrogen-bond donors (Lipinski definition) is 2. The molecule has 0 aliphatic rings. The Labute approximate surface area is 227 Å². The molecule has 39 heavy (non-hydrogen) atoms. The molecular formula is C26H26N4O8S. The molecule has 0 saturated heterocycles. The second kappa shape index (κ2) is 11.7. The minimum absolute atomic E-state index is 0.272. The van der Waals surface area contributed by atoms with Crippen molar-refractivity contribution in [2.75, 3.05) is 53.3 Å². The summed E-state index contributed by atoms with van der Waals surface area (Å²) in [4.78, 5) is 34.7. The molecule has 0 unspecified atom stereocenters. The number of methoxy groups -OCH3 is 6. The van der Waals surface area contributed by atoms with Gasteiger partial charge in [-0.3, -0.25) is 14.9 Å². The van der Waals surface area contributed by atoms with Gasteiger partial charge in [-0.25, -0.2) is 4.98 Å². The van der Waals surface area contributed by atoms with Crippen molar-refractivity contribution in [2.45, 2.75) is 0 Å². The number of ether oxygens (including phenoxy) is 6. The number of aromatic nitrogens is 2. The van der Waals surface area contributed by atoms with E-state index in [4.69, 9.17) is 28.4 Å². The fraction of sp³-hybridized carbons (Fsp3) is 0.231. The number of nitrogens with one attached hydrogen (secondary N) is 2. The lowest BCUT2D eigenvalue weighted by atomic mass is 10.1. The third-order valence-corrected chi connectivity index (χ3v) is 6.49. The van der Waals surface area contributed by atoms with Crippen LogP contribution in [-0.4, -0.2) is 64.4 Å².